The summed E-state index contributed by atoms with van der Waals surface area (Å²) in [7, 11) is 0. The summed E-state index contributed by atoms with van der Waals surface area (Å²) >= 11 is 0. The number of hydrogen-bond donors (Lipinski definition) is 1. The van der Waals surface area contributed by atoms with Crippen molar-refractivity contribution >= 4 is 12.4 Å². The van der Waals surface area contributed by atoms with E-state index < -0.39 is 0 Å². The molecule has 1 saturated carbocycles. The van der Waals surface area contributed by atoms with E-state index in [0.29, 0.717) is 11.5 Å². The van der Waals surface area contributed by atoms with E-state index in [1.807, 2.05) is 0 Å². The van der Waals surface area contributed by atoms with Gasteiger partial charge in [-0.3, -0.25) is 0 Å². The first-order valence-electron chi connectivity index (χ1n) is 10.9. The molecule has 1 nitrogen and oxygen atoms in total. The molecular formula is C22H46ClN. The summed E-state index contributed by atoms with van der Waals surface area (Å²) in [4.78, 5) is 0. The van der Waals surface area contributed by atoms with Gasteiger partial charge in [0.05, 0.1) is 0 Å². The van der Waals surface area contributed by atoms with Crippen molar-refractivity contribution in [1.82, 2.24) is 0 Å². The molecule has 0 spiro atoms. The van der Waals surface area contributed by atoms with Gasteiger partial charge in [0.1, 0.15) is 0 Å². The lowest BCUT2D eigenvalue weighted by Crippen LogP contribution is -2.45. The standard InChI is InChI=1S/C22H45N.ClH/c1-4-5-6-7-8-9-10-11-12-13-14-18-21(23)22(3)19-16-15-17-20(22)2;/h20-21H,4-19,23H2,1-3H3;1H. The third kappa shape index (κ3) is 9.09. The molecule has 1 fully saturated rings. The molecule has 146 valence electrons. The SMILES string of the molecule is CCCCCCCCCCCCCC(N)C1(C)CCCCC1C.Cl. The van der Waals surface area contributed by atoms with Crippen molar-refractivity contribution in [2.45, 2.75) is 130 Å². The van der Waals surface area contributed by atoms with Crippen molar-refractivity contribution in [1.29, 1.82) is 0 Å². The Hall–Kier alpha value is 0.250. The normalized spacial score (nSPS) is 25.2. The van der Waals surface area contributed by atoms with Crippen molar-refractivity contribution in [3.05, 3.63) is 0 Å². The molecule has 2 N–H and O–H groups in total. The Bertz CT molecular complexity index is 281. The summed E-state index contributed by atoms with van der Waals surface area (Å²) in [5.74, 6) is 0.818. The minimum Gasteiger partial charge on any atom is -0.327 e. The fraction of sp³-hybridized carbons (Fsp3) is 1.00. The first-order valence-corrected chi connectivity index (χ1v) is 10.9. The smallest absolute Gasteiger partial charge is 0.00954 e. The fourth-order valence-electron chi connectivity index (χ4n) is 4.44. The largest absolute Gasteiger partial charge is 0.327 e. The van der Waals surface area contributed by atoms with Crippen LogP contribution in [0.2, 0.25) is 0 Å². The van der Waals surface area contributed by atoms with Crippen molar-refractivity contribution in [3.8, 4) is 0 Å². The molecular weight excluding hydrogens is 314 g/mol. The van der Waals surface area contributed by atoms with Crippen LogP contribution >= 0.6 is 12.4 Å². The third-order valence-electron chi connectivity index (χ3n) is 6.69. The van der Waals surface area contributed by atoms with Crippen LogP contribution in [0.5, 0.6) is 0 Å². The lowest BCUT2D eigenvalue weighted by molar-refractivity contribution is 0.0896. The highest BCUT2D eigenvalue weighted by Crippen LogP contribution is 2.43. The maximum absolute atomic E-state index is 6.59. The molecule has 0 saturated heterocycles. The monoisotopic (exact) mass is 359 g/mol. The Morgan fingerprint density at radius 2 is 1.38 bits per heavy atom. The topological polar surface area (TPSA) is 26.0 Å². The molecule has 0 radical (unpaired) electrons. The van der Waals surface area contributed by atoms with Gasteiger partial charge in [0, 0.05) is 6.04 Å². The van der Waals surface area contributed by atoms with Crippen LogP contribution in [0.3, 0.4) is 0 Å². The van der Waals surface area contributed by atoms with Crippen molar-refractivity contribution in [2.75, 3.05) is 0 Å². The highest BCUT2D eigenvalue weighted by molar-refractivity contribution is 5.85. The molecule has 0 aromatic heterocycles. The predicted molar refractivity (Wildman–Crippen MR) is 112 cm³/mol. The van der Waals surface area contributed by atoms with E-state index in [4.69, 9.17) is 5.73 Å². The molecule has 0 aromatic carbocycles. The lowest BCUT2D eigenvalue weighted by Gasteiger charge is -2.44. The van der Waals surface area contributed by atoms with E-state index in [1.54, 1.807) is 0 Å². The van der Waals surface area contributed by atoms with Crippen LogP contribution in [-0.2, 0) is 0 Å². The van der Waals surface area contributed by atoms with Gasteiger partial charge in [-0.05, 0) is 24.2 Å². The van der Waals surface area contributed by atoms with Crippen LogP contribution in [0.15, 0.2) is 0 Å². The molecule has 0 heterocycles. The Kier molecular flexibility index (Phi) is 14.6. The quantitative estimate of drug-likeness (QED) is 0.335. The zero-order chi connectivity index (χ0) is 17.0. The first kappa shape index (κ1) is 24.2. The molecule has 24 heavy (non-hydrogen) atoms. The second kappa shape index (κ2) is 14.4. The molecule has 3 atom stereocenters. The number of rotatable bonds is 13. The Balaban J connectivity index is 0.00000529. The van der Waals surface area contributed by atoms with Crippen molar-refractivity contribution < 1.29 is 0 Å². The van der Waals surface area contributed by atoms with Crippen LogP contribution < -0.4 is 5.73 Å². The molecule has 0 amide bonds. The second-order valence-electron chi connectivity index (χ2n) is 8.58. The molecule has 0 bridgehead atoms. The molecule has 2 heteroatoms. The Morgan fingerprint density at radius 1 is 0.875 bits per heavy atom. The highest BCUT2D eigenvalue weighted by Gasteiger charge is 2.38. The van der Waals surface area contributed by atoms with Gasteiger partial charge in [0.15, 0.2) is 0 Å². The summed E-state index contributed by atoms with van der Waals surface area (Å²) < 4.78 is 0. The minimum atomic E-state index is 0. The number of nitrogens with two attached hydrogens (primary N) is 1. The van der Waals surface area contributed by atoms with Crippen LogP contribution in [0.1, 0.15) is 124 Å². The van der Waals surface area contributed by atoms with Crippen LogP contribution in [0.25, 0.3) is 0 Å². The van der Waals surface area contributed by atoms with E-state index in [1.165, 1.54) is 103 Å². The maximum Gasteiger partial charge on any atom is 0.00954 e. The van der Waals surface area contributed by atoms with E-state index in [-0.39, 0.29) is 12.4 Å². The number of hydrogen-bond acceptors (Lipinski definition) is 1. The van der Waals surface area contributed by atoms with Crippen molar-refractivity contribution in [3.63, 3.8) is 0 Å². The second-order valence-corrected chi connectivity index (χ2v) is 8.58. The van der Waals surface area contributed by atoms with Gasteiger partial charge in [-0.2, -0.15) is 0 Å². The molecule has 3 unspecified atom stereocenters. The van der Waals surface area contributed by atoms with E-state index in [2.05, 4.69) is 20.8 Å². The molecule has 1 rings (SSSR count). The van der Waals surface area contributed by atoms with Gasteiger partial charge in [-0.1, -0.05) is 111 Å². The van der Waals surface area contributed by atoms with E-state index >= 15 is 0 Å². The van der Waals surface area contributed by atoms with Crippen LogP contribution in [0.4, 0.5) is 0 Å². The van der Waals surface area contributed by atoms with Gasteiger partial charge < -0.3 is 5.73 Å². The average Bonchev–Trinajstić information content (AvgIpc) is 2.55. The van der Waals surface area contributed by atoms with Crippen LogP contribution in [-0.4, -0.2) is 6.04 Å². The molecule has 1 aliphatic rings. The predicted octanol–water partition coefficient (Wildman–Crippen LogP) is 7.65. The first-order chi connectivity index (χ1) is 11.1. The zero-order valence-electron chi connectivity index (χ0n) is 17.0. The average molecular weight is 360 g/mol. The number of halogens is 1. The summed E-state index contributed by atoms with van der Waals surface area (Å²) in [6.07, 6.45) is 22.5. The van der Waals surface area contributed by atoms with Gasteiger partial charge in [-0.25, -0.2) is 0 Å². The van der Waals surface area contributed by atoms with Gasteiger partial charge in [-0.15, -0.1) is 12.4 Å². The molecule has 0 aromatic rings. The summed E-state index contributed by atoms with van der Waals surface area (Å²) in [5.41, 5.74) is 7.01. The maximum atomic E-state index is 6.59. The summed E-state index contributed by atoms with van der Waals surface area (Å²) in [5, 5.41) is 0. The molecule has 0 aliphatic heterocycles. The lowest BCUT2D eigenvalue weighted by atomic mass is 9.63. The molecule has 1 aliphatic carbocycles. The highest BCUT2D eigenvalue weighted by atomic mass is 35.5. The Morgan fingerprint density at radius 3 is 1.88 bits per heavy atom. The summed E-state index contributed by atoms with van der Waals surface area (Å²) in [6.45, 7) is 7.18. The van der Waals surface area contributed by atoms with E-state index in [9.17, 15) is 0 Å². The Labute approximate surface area is 159 Å². The minimum absolute atomic E-state index is 0. The van der Waals surface area contributed by atoms with E-state index in [0.717, 1.165) is 5.92 Å². The van der Waals surface area contributed by atoms with Gasteiger partial charge in [0.25, 0.3) is 0 Å². The third-order valence-corrected chi connectivity index (χ3v) is 6.69. The zero-order valence-corrected chi connectivity index (χ0v) is 17.8. The van der Waals surface area contributed by atoms with Gasteiger partial charge >= 0.3 is 0 Å². The van der Waals surface area contributed by atoms with Crippen molar-refractivity contribution in [2.24, 2.45) is 17.1 Å². The van der Waals surface area contributed by atoms with Crippen LogP contribution in [0, 0.1) is 11.3 Å². The number of unbranched alkanes of at least 4 members (excludes halogenated alkanes) is 10. The summed E-state index contributed by atoms with van der Waals surface area (Å²) in [6, 6.07) is 0.427. The fourth-order valence-corrected chi connectivity index (χ4v) is 4.44. The van der Waals surface area contributed by atoms with Gasteiger partial charge in [0.2, 0.25) is 0 Å².